The molecule has 1 atom stereocenters. The fourth-order valence-corrected chi connectivity index (χ4v) is 2.73. The van der Waals surface area contributed by atoms with Crippen LogP contribution in [0.3, 0.4) is 0 Å². The monoisotopic (exact) mass is 333 g/mol. The first-order valence-electron chi connectivity index (χ1n) is 9.00. The molecule has 1 fully saturated rings. The molecule has 0 spiro atoms. The SMILES string of the molecule is CCNC(=NCC(C)CN1CCOCC1)NCCc1ccccn1. The highest BCUT2D eigenvalue weighted by molar-refractivity contribution is 5.79. The molecule has 1 aliphatic rings. The second kappa shape index (κ2) is 11.0. The Morgan fingerprint density at radius 1 is 1.33 bits per heavy atom. The Morgan fingerprint density at radius 2 is 2.17 bits per heavy atom. The van der Waals surface area contributed by atoms with E-state index in [0.717, 1.165) is 70.6 Å². The van der Waals surface area contributed by atoms with Gasteiger partial charge in [0.25, 0.3) is 0 Å². The standard InChI is InChI=1S/C18H31N5O/c1-3-19-18(21-9-7-17-6-4-5-8-20-17)22-14-16(2)15-23-10-12-24-13-11-23/h4-6,8,16H,3,7,9-15H2,1-2H3,(H2,19,21,22). The third kappa shape index (κ3) is 7.27. The lowest BCUT2D eigenvalue weighted by atomic mass is 10.1. The van der Waals surface area contributed by atoms with Crippen LogP contribution in [0.25, 0.3) is 0 Å². The first-order valence-corrected chi connectivity index (χ1v) is 9.00. The molecule has 0 aromatic carbocycles. The van der Waals surface area contributed by atoms with E-state index >= 15 is 0 Å². The number of nitrogens with one attached hydrogen (secondary N) is 2. The number of ether oxygens (including phenoxy) is 1. The maximum absolute atomic E-state index is 5.40. The third-order valence-electron chi connectivity index (χ3n) is 3.98. The highest BCUT2D eigenvalue weighted by atomic mass is 16.5. The lowest BCUT2D eigenvalue weighted by Crippen LogP contribution is -2.40. The van der Waals surface area contributed by atoms with Crippen LogP contribution in [0.5, 0.6) is 0 Å². The molecule has 6 nitrogen and oxygen atoms in total. The molecular weight excluding hydrogens is 302 g/mol. The van der Waals surface area contributed by atoms with Crippen molar-refractivity contribution in [3.8, 4) is 0 Å². The maximum atomic E-state index is 5.40. The number of rotatable bonds is 8. The normalized spacial score (nSPS) is 17.5. The lowest BCUT2D eigenvalue weighted by molar-refractivity contribution is 0.0323. The van der Waals surface area contributed by atoms with Gasteiger partial charge in [-0.15, -0.1) is 0 Å². The molecule has 0 amide bonds. The van der Waals surface area contributed by atoms with Gasteiger partial charge in [-0.05, 0) is 25.0 Å². The molecule has 1 aromatic heterocycles. The fourth-order valence-electron chi connectivity index (χ4n) is 2.73. The number of hydrogen-bond donors (Lipinski definition) is 2. The molecule has 1 aromatic rings. The number of aliphatic imine (C=N–C) groups is 1. The van der Waals surface area contributed by atoms with E-state index in [1.807, 2.05) is 18.3 Å². The summed E-state index contributed by atoms with van der Waals surface area (Å²) < 4.78 is 5.40. The minimum absolute atomic E-state index is 0.536. The minimum atomic E-state index is 0.536. The zero-order valence-corrected chi connectivity index (χ0v) is 15.0. The molecule has 0 aliphatic carbocycles. The summed E-state index contributed by atoms with van der Waals surface area (Å²) >= 11 is 0. The van der Waals surface area contributed by atoms with Gasteiger partial charge in [0.1, 0.15) is 0 Å². The van der Waals surface area contributed by atoms with E-state index in [1.165, 1.54) is 0 Å². The number of aromatic nitrogens is 1. The third-order valence-corrected chi connectivity index (χ3v) is 3.98. The van der Waals surface area contributed by atoms with Crippen LogP contribution in [0.2, 0.25) is 0 Å². The van der Waals surface area contributed by atoms with E-state index in [0.29, 0.717) is 5.92 Å². The first-order chi connectivity index (χ1) is 11.8. The molecule has 1 saturated heterocycles. The minimum Gasteiger partial charge on any atom is -0.379 e. The molecule has 0 saturated carbocycles. The average molecular weight is 333 g/mol. The molecule has 2 N–H and O–H groups in total. The largest absolute Gasteiger partial charge is 0.379 e. The number of pyridine rings is 1. The lowest BCUT2D eigenvalue weighted by Gasteiger charge is -2.28. The van der Waals surface area contributed by atoms with E-state index in [1.54, 1.807) is 0 Å². The molecule has 0 bridgehead atoms. The van der Waals surface area contributed by atoms with Crippen molar-refractivity contribution in [2.45, 2.75) is 20.3 Å². The summed E-state index contributed by atoms with van der Waals surface area (Å²) in [5.74, 6) is 1.43. The summed E-state index contributed by atoms with van der Waals surface area (Å²) in [5, 5.41) is 6.71. The van der Waals surface area contributed by atoms with E-state index in [2.05, 4.69) is 40.4 Å². The summed E-state index contributed by atoms with van der Waals surface area (Å²) in [4.78, 5) is 11.5. The van der Waals surface area contributed by atoms with Gasteiger partial charge in [-0.2, -0.15) is 0 Å². The summed E-state index contributed by atoms with van der Waals surface area (Å²) in [6.45, 7) is 11.8. The highest BCUT2D eigenvalue weighted by Gasteiger charge is 2.13. The summed E-state index contributed by atoms with van der Waals surface area (Å²) in [7, 11) is 0. The number of hydrogen-bond acceptors (Lipinski definition) is 4. The van der Waals surface area contributed by atoms with Gasteiger partial charge in [-0.1, -0.05) is 13.0 Å². The summed E-state index contributed by atoms with van der Waals surface area (Å²) in [6.07, 6.45) is 2.73. The second-order valence-corrected chi connectivity index (χ2v) is 6.24. The fraction of sp³-hybridized carbons (Fsp3) is 0.667. The Bertz CT molecular complexity index is 474. The van der Waals surface area contributed by atoms with Gasteiger partial charge >= 0.3 is 0 Å². The van der Waals surface area contributed by atoms with Gasteiger partial charge in [-0.3, -0.25) is 14.9 Å². The van der Waals surface area contributed by atoms with Crippen LogP contribution >= 0.6 is 0 Å². The van der Waals surface area contributed by atoms with Crippen molar-refractivity contribution in [3.63, 3.8) is 0 Å². The van der Waals surface area contributed by atoms with Crippen LogP contribution in [0.4, 0.5) is 0 Å². The maximum Gasteiger partial charge on any atom is 0.191 e. The molecule has 134 valence electrons. The Labute approximate surface area is 145 Å². The van der Waals surface area contributed by atoms with Gasteiger partial charge in [0.2, 0.25) is 0 Å². The van der Waals surface area contributed by atoms with Gasteiger partial charge < -0.3 is 15.4 Å². The van der Waals surface area contributed by atoms with Crippen LogP contribution in [-0.4, -0.2) is 68.3 Å². The zero-order chi connectivity index (χ0) is 17.0. The average Bonchev–Trinajstić information content (AvgIpc) is 2.61. The van der Waals surface area contributed by atoms with Gasteiger partial charge in [0, 0.05) is 57.6 Å². The van der Waals surface area contributed by atoms with E-state index in [-0.39, 0.29) is 0 Å². The Morgan fingerprint density at radius 3 is 2.88 bits per heavy atom. The Kier molecular flexibility index (Phi) is 8.55. The van der Waals surface area contributed by atoms with E-state index in [9.17, 15) is 0 Å². The van der Waals surface area contributed by atoms with Crippen molar-refractivity contribution < 1.29 is 4.74 Å². The van der Waals surface area contributed by atoms with E-state index < -0.39 is 0 Å². The quantitative estimate of drug-likeness (QED) is 0.552. The molecule has 2 heterocycles. The molecule has 24 heavy (non-hydrogen) atoms. The highest BCUT2D eigenvalue weighted by Crippen LogP contribution is 2.04. The molecule has 2 rings (SSSR count). The molecule has 1 aliphatic heterocycles. The molecular formula is C18H31N5O. The van der Waals surface area contributed by atoms with Gasteiger partial charge in [0.15, 0.2) is 5.96 Å². The smallest absolute Gasteiger partial charge is 0.191 e. The first kappa shape index (κ1) is 18.7. The van der Waals surface area contributed by atoms with Crippen LogP contribution in [0.15, 0.2) is 29.4 Å². The molecule has 6 heteroatoms. The summed E-state index contributed by atoms with van der Waals surface area (Å²) in [6, 6.07) is 6.02. The number of morpholine rings is 1. The molecule has 1 unspecified atom stereocenters. The topological polar surface area (TPSA) is 61.8 Å². The predicted molar refractivity (Wildman–Crippen MR) is 98.3 cm³/mol. The van der Waals surface area contributed by atoms with Crippen LogP contribution in [-0.2, 0) is 11.2 Å². The van der Waals surface area contributed by atoms with Crippen molar-refractivity contribution >= 4 is 5.96 Å². The van der Waals surface area contributed by atoms with E-state index in [4.69, 9.17) is 9.73 Å². The number of nitrogens with zero attached hydrogens (tertiary/aromatic N) is 3. The molecule has 0 radical (unpaired) electrons. The zero-order valence-electron chi connectivity index (χ0n) is 15.0. The van der Waals surface area contributed by atoms with Crippen molar-refractivity contribution in [3.05, 3.63) is 30.1 Å². The van der Waals surface area contributed by atoms with Crippen LogP contribution in [0, 0.1) is 5.92 Å². The van der Waals surface area contributed by atoms with Crippen molar-refractivity contribution in [2.75, 3.05) is 52.5 Å². The van der Waals surface area contributed by atoms with Crippen molar-refractivity contribution in [2.24, 2.45) is 10.9 Å². The van der Waals surface area contributed by atoms with Crippen molar-refractivity contribution in [1.82, 2.24) is 20.5 Å². The second-order valence-electron chi connectivity index (χ2n) is 6.24. The Balaban J connectivity index is 1.72. The van der Waals surface area contributed by atoms with Crippen LogP contribution < -0.4 is 10.6 Å². The number of guanidine groups is 1. The summed E-state index contributed by atoms with van der Waals surface area (Å²) in [5.41, 5.74) is 1.10. The van der Waals surface area contributed by atoms with Gasteiger partial charge in [0.05, 0.1) is 13.2 Å². The van der Waals surface area contributed by atoms with Gasteiger partial charge in [-0.25, -0.2) is 0 Å². The predicted octanol–water partition coefficient (Wildman–Crippen LogP) is 1.15. The van der Waals surface area contributed by atoms with Crippen molar-refractivity contribution in [1.29, 1.82) is 0 Å². The van der Waals surface area contributed by atoms with Crippen LogP contribution in [0.1, 0.15) is 19.5 Å². The Hall–Kier alpha value is -1.66.